The van der Waals surface area contributed by atoms with Crippen LogP contribution in [-0.2, 0) is 20.0 Å². The summed E-state index contributed by atoms with van der Waals surface area (Å²) in [7, 11) is -7.18. The van der Waals surface area contributed by atoms with Gasteiger partial charge in [0, 0.05) is 12.2 Å². The predicted molar refractivity (Wildman–Crippen MR) is 98.9 cm³/mol. The van der Waals surface area contributed by atoms with Gasteiger partial charge in [-0.25, -0.2) is 21.2 Å². The summed E-state index contributed by atoms with van der Waals surface area (Å²) in [4.78, 5) is -0.0414. The molecule has 0 unspecified atom stereocenters. The number of anilines is 2. The van der Waals surface area contributed by atoms with Gasteiger partial charge in [0.1, 0.15) is 5.82 Å². The van der Waals surface area contributed by atoms with Gasteiger partial charge in [-0.1, -0.05) is 0 Å². The normalized spacial score (nSPS) is 16.7. The van der Waals surface area contributed by atoms with Crippen molar-refractivity contribution < 1.29 is 21.2 Å². The first-order valence-corrected chi connectivity index (χ1v) is 11.1. The highest BCUT2D eigenvalue weighted by molar-refractivity contribution is 7.93. The summed E-state index contributed by atoms with van der Waals surface area (Å²) in [5, 5.41) is 0. The van der Waals surface area contributed by atoms with Crippen LogP contribution in [0.4, 0.5) is 15.8 Å². The van der Waals surface area contributed by atoms with Crippen molar-refractivity contribution in [1.82, 2.24) is 0 Å². The molecule has 1 aliphatic rings. The molecule has 0 spiro atoms. The van der Waals surface area contributed by atoms with E-state index in [9.17, 15) is 21.2 Å². The topological polar surface area (TPSA) is 83.6 Å². The second-order valence-electron chi connectivity index (χ2n) is 6.26. The Balaban J connectivity index is 1.89. The summed E-state index contributed by atoms with van der Waals surface area (Å²) in [5.41, 5.74) is 1.73. The van der Waals surface area contributed by atoms with Crippen molar-refractivity contribution >= 4 is 31.4 Å². The van der Waals surface area contributed by atoms with E-state index in [0.717, 1.165) is 6.07 Å². The van der Waals surface area contributed by atoms with Crippen molar-refractivity contribution in [1.29, 1.82) is 0 Å². The molecule has 2 aromatic carbocycles. The summed E-state index contributed by atoms with van der Waals surface area (Å²) >= 11 is 0. The SMILES string of the molecule is Cc1cc(S(=O)(=O)Nc2ccc(N3CCCS3(=O)=O)c(C)c2)ccc1F. The quantitative estimate of drug-likeness (QED) is 0.858. The molecular weight excluding hydrogens is 379 g/mol. The zero-order chi connectivity index (χ0) is 19.1. The van der Waals surface area contributed by atoms with Gasteiger partial charge in [0.2, 0.25) is 10.0 Å². The van der Waals surface area contributed by atoms with Crippen molar-refractivity contribution in [3.8, 4) is 0 Å². The van der Waals surface area contributed by atoms with Gasteiger partial charge in [0.05, 0.1) is 16.3 Å². The molecule has 6 nitrogen and oxygen atoms in total. The van der Waals surface area contributed by atoms with Crippen LogP contribution in [0.15, 0.2) is 41.3 Å². The van der Waals surface area contributed by atoms with Crippen molar-refractivity contribution in [3.05, 3.63) is 53.3 Å². The summed E-state index contributed by atoms with van der Waals surface area (Å²) in [6.07, 6.45) is 0.570. The molecule has 26 heavy (non-hydrogen) atoms. The zero-order valence-corrected chi connectivity index (χ0v) is 16.0. The Hall–Kier alpha value is -2.13. The van der Waals surface area contributed by atoms with Crippen LogP contribution in [0.1, 0.15) is 17.5 Å². The monoisotopic (exact) mass is 398 g/mol. The standard InChI is InChI=1S/C17H19FN2O4S2/c1-12-11-15(5-6-16(12)18)26(23,24)19-14-4-7-17(13(2)10-14)20-8-3-9-25(20,21)22/h4-7,10-11,19H,3,8-9H2,1-2H3. The Morgan fingerprint density at radius 2 is 1.81 bits per heavy atom. The Morgan fingerprint density at radius 1 is 1.08 bits per heavy atom. The van der Waals surface area contributed by atoms with Gasteiger partial charge < -0.3 is 0 Å². The molecular formula is C17H19FN2O4S2. The Bertz CT molecular complexity index is 1070. The fourth-order valence-corrected chi connectivity index (χ4v) is 5.67. The molecule has 2 aromatic rings. The minimum Gasteiger partial charge on any atom is -0.280 e. The van der Waals surface area contributed by atoms with Crippen molar-refractivity contribution in [2.75, 3.05) is 21.3 Å². The highest BCUT2D eigenvalue weighted by Crippen LogP contribution is 2.30. The minimum atomic E-state index is -3.87. The Morgan fingerprint density at radius 3 is 2.38 bits per heavy atom. The number of benzene rings is 2. The first-order valence-electron chi connectivity index (χ1n) is 8.00. The molecule has 1 saturated heterocycles. The summed E-state index contributed by atoms with van der Waals surface area (Å²) in [6.45, 7) is 3.63. The largest absolute Gasteiger partial charge is 0.280 e. The number of halogens is 1. The number of rotatable bonds is 4. The van der Waals surface area contributed by atoms with Gasteiger partial charge >= 0.3 is 0 Å². The smallest absolute Gasteiger partial charge is 0.261 e. The van der Waals surface area contributed by atoms with E-state index in [2.05, 4.69) is 4.72 Å². The summed E-state index contributed by atoms with van der Waals surface area (Å²) in [6, 6.07) is 8.25. The molecule has 1 N–H and O–H groups in total. The van der Waals surface area contributed by atoms with E-state index in [1.807, 2.05) is 0 Å². The predicted octanol–water partition coefficient (Wildman–Crippen LogP) is 2.78. The molecule has 0 bridgehead atoms. The Labute approximate surface area is 152 Å². The fraction of sp³-hybridized carbons (Fsp3) is 0.294. The molecule has 0 amide bonds. The van der Waals surface area contributed by atoms with Gasteiger partial charge in [0.15, 0.2) is 0 Å². The molecule has 0 atom stereocenters. The first kappa shape index (κ1) is 18.7. The van der Waals surface area contributed by atoms with E-state index in [4.69, 9.17) is 0 Å². The number of hydrogen-bond acceptors (Lipinski definition) is 4. The third-order valence-corrected chi connectivity index (χ3v) is 7.49. The maximum Gasteiger partial charge on any atom is 0.261 e. The van der Waals surface area contributed by atoms with E-state index in [0.29, 0.717) is 29.9 Å². The molecule has 9 heteroatoms. The average molecular weight is 398 g/mol. The number of sulfonamides is 2. The second kappa shape index (κ2) is 6.55. The molecule has 0 aromatic heterocycles. The number of aryl methyl sites for hydroxylation is 2. The third-order valence-electron chi connectivity index (χ3n) is 4.26. The highest BCUT2D eigenvalue weighted by atomic mass is 32.2. The lowest BCUT2D eigenvalue weighted by atomic mass is 10.2. The lowest BCUT2D eigenvalue weighted by Gasteiger charge is -2.20. The van der Waals surface area contributed by atoms with Crippen LogP contribution >= 0.6 is 0 Å². The fourth-order valence-electron chi connectivity index (χ4n) is 2.91. The number of nitrogens with zero attached hydrogens (tertiary/aromatic N) is 1. The van der Waals surface area contributed by atoms with E-state index in [1.165, 1.54) is 29.4 Å². The number of nitrogens with one attached hydrogen (secondary N) is 1. The number of hydrogen-bond donors (Lipinski definition) is 1. The van der Waals surface area contributed by atoms with E-state index in [1.54, 1.807) is 19.1 Å². The minimum absolute atomic E-state index is 0.0414. The van der Waals surface area contributed by atoms with E-state index < -0.39 is 25.9 Å². The average Bonchev–Trinajstić information content (AvgIpc) is 2.89. The van der Waals surface area contributed by atoms with E-state index >= 15 is 0 Å². The molecule has 3 rings (SSSR count). The molecule has 0 saturated carbocycles. The summed E-state index contributed by atoms with van der Waals surface area (Å²) < 4.78 is 66.2. The molecule has 1 fully saturated rings. The highest BCUT2D eigenvalue weighted by Gasteiger charge is 2.29. The van der Waals surface area contributed by atoms with Crippen LogP contribution < -0.4 is 9.03 Å². The van der Waals surface area contributed by atoms with Gasteiger partial charge in [-0.3, -0.25) is 9.03 Å². The molecule has 0 radical (unpaired) electrons. The van der Waals surface area contributed by atoms with Gasteiger partial charge in [-0.15, -0.1) is 0 Å². The van der Waals surface area contributed by atoms with Crippen LogP contribution in [0.2, 0.25) is 0 Å². The second-order valence-corrected chi connectivity index (χ2v) is 9.95. The van der Waals surface area contributed by atoms with Crippen LogP contribution in [0.25, 0.3) is 0 Å². The molecule has 0 aliphatic carbocycles. The van der Waals surface area contributed by atoms with Gasteiger partial charge in [-0.2, -0.15) is 0 Å². The lowest BCUT2D eigenvalue weighted by molar-refractivity contribution is 0.596. The van der Waals surface area contributed by atoms with E-state index in [-0.39, 0.29) is 16.2 Å². The molecule has 1 aliphatic heterocycles. The molecule has 1 heterocycles. The third kappa shape index (κ3) is 3.54. The zero-order valence-electron chi connectivity index (χ0n) is 14.4. The maximum atomic E-state index is 13.4. The summed E-state index contributed by atoms with van der Waals surface area (Å²) in [5.74, 6) is -0.360. The van der Waals surface area contributed by atoms with Gasteiger partial charge in [0.25, 0.3) is 10.0 Å². The van der Waals surface area contributed by atoms with Crippen molar-refractivity contribution in [2.24, 2.45) is 0 Å². The first-order chi connectivity index (χ1) is 12.1. The maximum absolute atomic E-state index is 13.4. The van der Waals surface area contributed by atoms with Crippen LogP contribution in [0.3, 0.4) is 0 Å². The van der Waals surface area contributed by atoms with Crippen LogP contribution in [0.5, 0.6) is 0 Å². The Kier molecular flexibility index (Phi) is 4.70. The van der Waals surface area contributed by atoms with Crippen LogP contribution in [-0.4, -0.2) is 29.1 Å². The lowest BCUT2D eigenvalue weighted by Crippen LogP contribution is -2.25. The van der Waals surface area contributed by atoms with Crippen LogP contribution in [0, 0.1) is 19.7 Å². The van der Waals surface area contributed by atoms with Crippen molar-refractivity contribution in [3.63, 3.8) is 0 Å². The molecule has 140 valence electrons. The van der Waals surface area contributed by atoms with Crippen molar-refractivity contribution in [2.45, 2.75) is 25.2 Å². The van der Waals surface area contributed by atoms with Gasteiger partial charge in [-0.05, 0) is 67.8 Å².